The molecule has 0 aromatic rings. The molecule has 70 valence electrons. The van der Waals surface area contributed by atoms with Crippen LogP contribution >= 0.6 is 0 Å². The fraction of sp³-hybridized carbons (Fsp3) is 0.857. The third-order valence-electron chi connectivity index (χ3n) is 1.39. The smallest absolute Gasteiger partial charge is 0.381 e. The average Bonchev–Trinajstić information content (AvgIpc) is 1.85. The van der Waals surface area contributed by atoms with Crippen LogP contribution in [-0.4, -0.2) is 23.5 Å². The van der Waals surface area contributed by atoms with Gasteiger partial charge in [0.05, 0.1) is 6.61 Å². The summed E-state index contributed by atoms with van der Waals surface area (Å²) in [5.74, 6) is -1.09. The molecule has 0 saturated carbocycles. The highest BCUT2D eigenvalue weighted by molar-refractivity contribution is 5.74. The van der Waals surface area contributed by atoms with Gasteiger partial charge in [-0.15, -0.1) is 0 Å². The molecule has 0 saturated heterocycles. The number of nitrogens with zero attached hydrogens (tertiary/aromatic N) is 1. The van der Waals surface area contributed by atoms with E-state index in [9.17, 15) is 14.9 Å². The molecule has 0 rings (SSSR count). The molecular formula is C7H13NO4. The fourth-order valence-corrected chi connectivity index (χ4v) is 0.829. The lowest BCUT2D eigenvalue weighted by Gasteiger charge is -2.10. The first-order valence-corrected chi connectivity index (χ1v) is 3.80. The van der Waals surface area contributed by atoms with Gasteiger partial charge in [-0.3, -0.25) is 10.1 Å². The Labute approximate surface area is 70.9 Å². The van der Waals surface area contributed by atoms with E-state index in [-0.39, 0.29) is 12.5 Å². The summed E-state index contributed by atoms with van der Waals surface area (Å²) in [6, 6.07) is -1.23. The second-order valence-electron chi connectivity index (χ2n) is 2.73. The van der Waals surface area contributed by atoms with E-state index in [0.717, 1.165) is 0 Å². The molecule has 0 bridgehead atoms. The molecule has 0 aliphatic carbocycles. The number of ether oxygens (including phenoxy) is 1. The van der Waals surface area contributed by atoms with E-state index in [2.05, 4.69) is 4.74 Å². The Kier molecular flexibility index (Phi) is 4.25. The molecule has 0 heterocycles. The van der Waals surface area contributed by atoms with Crippen LogP contribution in [0, 0.1) is 16.0 Å². The van der Waals surface area contributed by atoms with Gasteiger partial charge >= 0.3 is 12.0 Å². The highest BCUT2D eigenvalue weighted by Gasteiger charge is 2.34. The maximum absolute atomic E-state index is 11.0. The molecule has 12 heavy (non-hydrogen) atoms. The van der Waals surface area contributed by atoms with Gasteiger partial charge in [0.1, 0.15) is 0 Å². The number of carbonyl (C=O) groups is 1. The van der Waals surface area contributed by atoms with Crippen molar-refractivity contribution >= 4 is 5.97 Å². The van der Waals surface area contributed by atoms with Crippen LogP contribution in [0.2, 0.25) is 0 Å². The van der Waals surface area contributed by atoms with Gasteiger partial charge in [0.15, 0.2) is 0 Å². The zero-order valence-electron chi connectivity index (χ0n) is 7.44. The Bertz CT molecular complexity index is 178. The molecule has 0 N–H and O–H groups in total. The van der Waals surface area contributed by atoms with E-state index in [1.807, 2.05) is 0 Å². The van der Waals surface area contributed by atoms with Crippen LogP contribution < -0.4 is 0 Å². The van der Waals surface area contributed by atoms with E-state index >= 15 is 0 Å². The van der Waals surface area contributed by atoms with Crippen molar-refractivity contribution in [3.05, 3.63) is 10.1 Å². The molecular weight excluding hydrogens is 162 g/mol. The van der Waals surface area contributed by atoms with Crippen molar-refractivity contribution < 1.29 is 14.5 Å². The third kappa shape index (κ3) is 2.86. The molecule has 0 radical (unpaired) electrons. The lowest BCUT2D eigenvalue weighted by molar-refractivity contribution is -0.518. The zero-order valence-corrected chi connectivity index (χ0v) is 7.44. The first-order valence-electron chi connectivity index (χ1n) is 3.80. The molecule has 1 unspecified atom stereocenters. The van der Waals surface area contributed by atoms with Crippen molar-refractivity contribution in [3.8, 4) is 0 Å². The quantitative estimate of drug-likeness (QED) is 0.361. The van der Waals surface area contributed by atoms with Crippen LogP contribution in [-0.2, 0) is 9.53 Å². The molecule has 0 spiro atoms. The standard InChI is InChI=1S/C7H13NO4/c1-4-12-7(9)6(5(2)3)8(10)11/h5-6H,4H2,1-3H3. The second kappa shape index (κ2) is 4.69. The van der Waals surface area contributed by atoms with Crippen LogP contribution in [0.25, 0.3) is 0 Å². The molecule has 0 aromatic heterocycles. The van der Waals surface area contributed by atoms with Gasteiger partial charge in [0, 0.05) is 10.8 Å². The summed E-state index contributed by atoms with van der Waals surface area (Å²) < 4.78 is 4.55. The predicted molar refractivity (Wildman–Crippen MR) is 42.3 cm³/mol. The summed E-state index contributed by atoms with van der Waals surface area (Å²) in [7, 11) is 0. The predicted octanol–water partition coefficient (Wildman–Crippen LogP) is 0.851. The number of nitro groups is 1. The van der Waals surface area contributed by atoms with Gasteiger partial charge in [0.2, 0.25) is 0 Å². The van der Waals surface area contributed by atoms with E-state index in [0.29, 0.717) is 0 Å². The molecule has 0 aliphatic heterocycles. The van der Waals surface area contributed by atoms with Crippen molar-refractivity contribution in [1.82, 2.24) is 0 Å². The van der Waals surface area contributed by atoms with E-state index < -0.39 is 16.9 Å². The normalized spacial score (nSPS) is 12.7. The number of hydrogen-bond acceptors (Lipinski definition) is 4. The number of carbonyl (C=O) groups excluding carboxylic acids is 1. The Morgan fingerprint density at radius 3 is 2.33 bits per heavy atom. The highest BCUT2D eigenvalue weighted by Crippen LogP contribution is 2.07. The average molecular weight is 175 g/mol. The van der Waals surface area contributed by atoms with Gasteiger partial charge in [-0.1, -0.05) is 13.8 Å². The van der Waals surface area contributed by atoms with Gasteiger partial charge in [-0.05, 0) is 6.92 Å². The lowest BCUT2D eigenvalue weighted by Crippen LogP contribution is -2.35. The first kappa shape index (κ1) is 10.9. The van der Waals surface area contributed by atoms with Crippen molar-refractivity contribution in [1.29, 1.82) is 0 Å². The summed E-state index contributed by atoms with van der Waals surface area (Å²) in [5, 5.41) is 10.4. The van der Waals surface area contributed by atoms with Gasteiger partial charge < -0.3 is 4.74 Å². The summed E-state index contributed by atoms with van der Waals surface area (Å²) in [6.45, 7) is 5.03. The second-order valence-corrected chi connectivity index (χ2v) is 2.73. The van der Waals surface area contributed by atoms with E-state index in [1.54, 1.807) is 20.8 Å². The molecule has 0 fully saturated rings. The van der Waals surface area contributed by atoms with Crippen molar-refractivity contribution in [2.24, 2.45) is 5.92 Å². The van der Waals surface area contributed by atoms with Crippen molar-refractivity contribution in [2.45, 2.75) is 26.8 Å². The molecule has 0 amide bonds. The monoisotopic (exact) mass is 175 g/mol. The minimum atomic E-state index is -1.23. The van der Waals surface area contributed by atoms with Crippen LogP contribution in [0.1, 0.15) is 20.8 Å². The molecule has 5 nitrogen and oxygen atoms in total. The van der Waals surface area contributed by atoms with Gasteiger partial charge in [-0.25, -0.2) is 4.79 Å². The summed E-state index contributed by atoms with van der Waals surface area (Å²) >= 11 is 0. The van der Waals surface area contributed by atoms with Crippen molar-refractivity contribution in [3.63, 3.8) is 0 Å². The maximum Gasteiger partial charge on any atom is 0.381 e. The summed E-state index contributed by atoms with van der Waals surface area (Å²) in [6.07, 6.45) is 0. The largest absolute Gasteiger partial charge is 0.461 e. The topological polar surface area (TPSA) is 69.4 Å². The maximum atomic E-state index is 11.0. The lowest BCUT2D eigenvalue weighted by atomic mass is 10.1. The number of esters is 1. The van der Waals surface area contributed by atoms with Crippen LogP contribution in [0.15, 0.2) is 0 Å². The van der Waals surface area contributed by atoms with E-state index in [1.165, 1.54) is 0 Å². The van der Waals surface area contributed by atoms with Crippen LogP contribution in [0.5, 0.6) is 0 Å². The van der Waals surface area contributed by atoms with Gasteiger partial charge in [0.25, 0.3) is 0 Å². The third-order valence-corrected chi connectivity index (χ3v) is 1.39. The molecule has 1 atom stereocenters. The number of rotatable bonds is 4. The van der Waals surface area contributed by atoms with Crippen LogP contribution in [0.3, 0.4) is 0 Å². The minimum absolute atomic E-state index is 0.176. The van der Waals surface area contributed by atoms with E-state index in [4.69, 9.17) is 0 Å². The molecule has 5 heteroatoms. The first-order chi connectivity index (χ1) is 5.50. The molecule has 0 aromatic carbocycles. The Morgan fingerprint density at radius 1 is 1.58 bits per heavy atom. The molecule has 0 aliphatic rings. The fourth-order valence-electron chi connectivity index (χ4n) is 0.829. The summed E-state index contributed by atoms with van der Waals surface area (Å²) in [4.78, 5) is 20.7. The Hall–Kier alpha value is -1.13. The SMILES string of the molecule is CCOC(=O)C(C(C)C)[N+](=O)[O-]. The Balaban J connectivity index is 4.30. The highest BCUT2D eigenvalue weighted by atomic mass is 16.6. The number of hydrogen-bond donors (Lipinski definition) is 0. The van der Waals surface area contributed by atoms with Crippen molar-refractivity contribution in [2.75, 3.05) is 6.61 Å². The zero-order chi connectivity index (χ0) is 9.72. The Morgan fingerprint density at radius 2 is 2.08 bits per heavy atom. The summed E-state index contributed by atoms with van der Waals surface area (Å²) in [5.41, 5.74) is 0. The van der Waals surface area contributed by atoms with Crippen LogP contribution in [0.4, 0.5) is 0 Å². The minimum Gasteiger partial charge on any atom is -0.461 e. The van der Waals surface area contributed by atoms with Gasteiger partial charge in [-0.2, -0.15) is 0 Å².